The van der Waals surface area contributed by atoms with Crippen LogP contribution in [0.3, 0.4) is 0 Å². The minimum absolute atomic E-state index is 0.0652. The standard InChI is InChI=1S/C16H25N7O4S/c1-7(2)27-6-20-16-22-10(5-28-16)11(18)14(25)23-12-9(21-15(12)26)4-19-13(24)8(3)17/h5,7-9,12,18H,4,6,17H2,1-3H3,(H,19,24)(H,20,22)(H,21,26)(H,23,25). The van der Waals surface area contributed by atoms with Crippen LogP contribution in [0.25, 0.3) is 0 Å². The number of hydrogen-bond acceptors (Lipinski definition) is 9. The lowest BCUT2D eigenvalue weighted by atomic mass is 9.98. The van der Waals surface area contributed by atoms with Crippen molar-refractivity contribution < 1.29 is 19.1 Å². The molecule has 2 rings (SSSR count). The molecule has 7 N–H and O–H groups in total. The van der Waals surface area contributed by atoms with Gasteiger partial charge in [-0.15, -0.1) is 11.3 Å². The summed E-state index contributed by atoms with van der Waals surface area (Å²) >= 11 is 1.24. The van der Waals surface area contributed by atoms with Crippen molar-refractivity contribution in [3.63, 3.8) is 0 Å². The van der Waals surface area contributed by atoms with E-state index < -0.39 is 24.0 Å². The molecule has 3 amide bonds. The third-order valence-electron chi connectivity index (χ3n) is 3.84. The number of carbonyl (C=O) groups excluding carboxylic acids is 3. The number of thiazole rings is 1. The second-order valence-corrected chi connectivity index (χ2v) is 7.41. The van der Waals surface area contributed by atoms with Crippen molar-refractivity contribution in [2.45, 2.75) is 45.0 Å². The van der Waals surface area contributed by atoms with Gasteiger partial charge < -0.3 is 31.7 Å². The number of ether oxygens (including phenoxy) is 1. The SMILES string of the molecule is CC(C)OCNc1nc(C(=N)C(=O)NC2C(=O)NC2CNC(=O)C(C)N)cs1. The van der Waals surface area contributed by atoms with Crippen molar-refractivity contribution in [1.29, 1.82) is 5.41 Å². The molecule has 28 heavy (non-hydrogen) atoms. The smallest absolute Gasteiger partial charge is 0.272 e. The molecule has 3 unspecified atom stereocenters. The maximum absolute atomic E-state index is 12.3. The Balaban J connectivity index is 1.86. The lowest BCUT2D eigenvalue weighted by Gasteiger charge is -2.37. The lowest BCUT2D eigenvalue weighted by Crippen LogP contribution is -2.72. The summed E-state index contributed by atoms with van der Waals surface area (Å²) < 4.78 is 5.36. The first-order chi connectivity index (χ1) is 13.2. The minimum atomic E-state index is -0.836. The van der Waals surface area contributed by atoms with Crippen LogP contribution in [-0.4, -0.2) is 65.9 Å². The number of amides is 3. The van der Waals surface area contributed by atoms with Gasteiger partial charge in [-0.3, -0.25) is 19.8 Å². The van der Waals surface area contributed by atoms with E-state index in [1.165, 1.54) is 11.3 Å². The monoisotopic (exact) mass is 411 g/mol. The molecular weight excluding hydrogens is 386 g/mol. The zero-order valence-electron chi connectivity index (χ0n) is 15.9. The number of hydrogen-bond donors (Lipinski definition) is 6. The first-order valence-corrected chi connectivity index (χ1v) is 9.61. The highest BCUT2D eigenvalue weighted by Crippen LogP contribution is 2.16. The van der Waals surface area contributed by atoms with Crippen molar-refractivity contribution in [2.75, 3.05) is 18.6 Å². The molecule has 0 aromatic carbocycles. The fourth-order valence-corrected chi connectivity index (χ4v) is 2.91. The van der Waals surface area contributed by atoms with Crippen molar-refractivity contribution >= 4 is 39.9 Å². The Morgan fingerprint density at radius 3 is 2.75 bits per heavy atom. The molecular formula is C16H25N7O4S. The zero-order valence-corrected chi connectivity index (χ0v) is 16.7. The van der Waals surface area contributed by atoms with Crippen LogP contribution in [0.1, 0.15) is 26.5 Å². The molecule has 12 heteroatoms. The van der Waals surface area contributed by atoms with Crippen molar-refractivity contribution in [3.05, 3.63) is 11.1 Å². The normalized spacial score (nSPS) is 19.4. The van der Waals surface area contributed by atoms with Crippen LogP contribution in [-0.2, 0) is 19.1 Å². The van der Waals surface area contributed by atoms with Gasteiger partial charge in [0.05, 0.1) is 18.2 Å². The molecule has 1 aromatic rings. The first-order valence-electron chi connectivity index (χ1n) is 8.73. The molecule has 1 saturated heterocycles. The Bertz CT molecular complexity index is 749. The molecule has 11 nitrogen and oxygen atoms in total. The molecule has 2 heterocycles. The quantitative estimate of drug-likeness (QED) is 0.159. The Kier molecular flexibility index (Phi) is 7.43. The Morgan fingerprint density at radius 2 is 2.14 bits per heavy atom. The highest BCUT2D eigenvalue weighted by molar-refractivity contribution is 7.14. The number of aromatic nitrogens is 1. The van der Waals surface area contributed by atoms with E-state index in [0.717, 1.165) is 0 Å². The van der Waals surface area contributed by atoms with Crippen LogP contribution in [0.4, 0.5) is 5.13 Å². The average Bonchev–Trinajstić information content (AvgIpc) is 3.10. The molecule has 0 spiro atoms. The van der Waals surface area contributed by atoms with E-state index in [-0.39, 0.29) is 42.6 Å². The van der Waals surface area contributed by atoms with Crippen LogP contribution in [0, 0.1) is 5.41 Å². The molecule has 3 atom stereocenters. The van der Waals surface area contributed by atoms with Gasteiger partial charge in [-0.25, -0.2) is 4.98 Å². The number of rotatable bonds is 10. The lowest BCUT2D eigenvalue weighted by molar-refractivity contribution is -0.135. The van der Waals surface area contributed by atoms with E-state index in [1.54, 1.807) is 12.3 Å². The Morgan fingerprint density at radius 1 is 1.43 bits per heavy atom. The molecule has 1 aromatic heterocycles. The second-order valence-electron chi connectivity index (χ2n) is 6.55. The topological polar surface area (TPSA) is 171 Å². The molecule has 0 radical (unpaired) electrons. The molecule has 1 fully saturated rings. The summed E-state index contributed by atoms with van der Waals surface area (Å²) in [5.74, 6) is -1.46. The largest absolute Gasteiger partial charge is 0.359 e. The zero-order chi connectivity index (χ0) is 20.8. The predicted molar refractivity (Wildman–Crippen MR) is 104 cm³/mol. The number of nitrogens with zero attached hydrogens (tertiary/aromatic N) is 1. The molecule has 0 bridgehead atoms. The summed E-state index contributed by atoms with van der Waals surface area (Å²) in [5.41, 5.74) is 5.30. The number of β-lactam (4-membered cyclic amide) rings is 1. The van der Waals surface area contributed by atoms with Gasteiger partial charge in [0, 0.05) is 11.9 Å². The first kappa shape index (κ1) is 21.7. The molecule has 154 valence electrons. The summed E-state index contributed by atoms with van der Waals surface area (Å²) in [4.78, 5) is 39.7. The van der Waals surface area contributed by atoms with Crippen molar-refractivity contribution in [2.24, 2.45) is 5.73 Å². The van der Waals surface area contributed by atoms with Crippen molar-refractivity contribution in [3.8, 4) is 0 Å². The summed E-state index contributed by atoms with van der Waals surface area (Å²) in [6.45, 7) is 5.75. The summed E-state index contributed by atoms with van der Waals surface area (Å²) in [7, 11) is 0. The molecule has 0 aliphatic carbocycles. The van der Waals surface area contributed by atoms with E-state index in [2.05, 4.69) is 26.3 Å². The van der Waals surface area contributed by atoms with Gasteiger partial charge in [-0.1, -0.05) is 0 Å². The number of anilines is 1. The van der Waals surface area contributed by atoms with Crippen LogP contribution in [0.2, 0.25) is 0 Å². The fourth-order valence-electron chi connectivity index (χ4n) is 2.22. The van der Waals surface area contributed by atoms with E-state index in [9.17, 15) is 14.4 Å². The summed E-state index contributed by atoms with van der Waals surface area (Å²) in [5, 5.41) is 20.7. The number of nitrogens with one attached hydrogen (secondary N) is 5. The third-order valence-corrected chi connectivity index (χ3v) is 4.64. The Labute approximate surface area is 166 Å². The second kappa shape index (κ2) is 9.57. The molecule has 1 aliphatic heterocycles. The minimum Gasteiger partial charge on any atom is -0.359 e. The van der Waals surface area contributed by atoms with Gasteiger partial charge in [0.1, 0.15) is 24.2 Å². The number of carbonyl (C=O) groups is 3. The van der Waals surface area contributed by atoms with E-state index in [4.69, 9.17) is 15.9 Å². The maximum atomic E-state index is 12.3. The van der Waals surface area contributed by atoms with Gasteiger partial charge in [0.15, 0.2) is 5.13 Å². The van der Waals surface area contributed by atoms with Gasteiger partial charge in [-0.05, 0) is 20.8 Å². The molecule has 1 aliphatic rings. The van der Waals surface area contributed by atoms with Crippen LogP contribution >= 0.6 is 11.3 Å². The highest BCUT2D eigenvalue weighted by atomic mass is 32.1. The van der Waals surface area contributed by atoms with Crippen LogP contribution in [0.5, 0.6) is 0 Å². The predicted octanol–water partition coefficient (Wildman–Crippen LogP) is -1.25. The Hall–Kier alpha value is -2.57. The summed E-state index contributed by atoms with van der Waals surface area (Å²) in [6.07, 6.45) is 0.0652. The number of nitrogens with two attached hydrogens (primary N) is 1. The average molecular weight is 411 g/mol. The van der Waals surface area contributed by atoms with Crippen LogP contribution < -0.4 is 27.0 Å². The maximum Gasteiger partial charge on any atom is 0.272 e. The van der Waals surface area contributed by atoms with Gasteiger partial charge in [-0.2, -0.15) is 0 Å². The summed E-state index contributed by atoms with van der Waals surface area (Å²) in [6, 6.07) is -1.97. The van der Waals surface area contributed by atoms with Crippen LogP contribution in [0.15, 0.2) is 5.38 Å². The van der Waals surface area contributed by atoms with Gasteiger partial charge >= 0.3 is 0 Å². The van der Waals surface area contributed by atoms with E-state index in [0.29, 0.717) is 5.13 Å². The molecule has 0 saturated carbocycles. The van der Waals surface area contributed by atoms with Gasteiger partial charge in [0.2, 0.25) is 11.8 Å². The van der Waals surface area contributed by atoms with E-state index >= 15 is 0 Å². The third kappa shape index (κ3) is 5.71. The fraction of sp³-hybridized carbons (Fsp3) is 0.562. The van der Waals surface area contributed by atoms with Gasteiger partial charge in [0.25, 0.3) is 5.91 Å². The van der Waals surface area contributed by atoms with Crippen molar-refractivity contribution in [1.82, 2.24) is 20.9 Å². The van der Waals surface area contributed by atoms with E-state index in [1.807, 2.05) is 13.8 Å². The highest BCUT2D eigenvalue weighted by Gasteiger charge is 2.41.